The summed E-state index contributed by atoms with van der Waals surface area (Å²) >= 11 is 0. The van der Waals surface area contributed by atoms with Crippen LogP contribution in [0.3, 0.4) is 0 Å². The fraction of sp³-hybridized carbons (Fsp3) is 0.188. The SMILES string of the molecule is COCc1cc(-c2cccc(OC)c2)nc2c(C(=O)O)cnn12. The molecule has 0 saturated carbocycles. The van der Waals surface area contributed by atoms with Crippen LogP contribution in [0.15, 0.2) is 36.5 Å². The van der Waals surface area contributed by atoms with Crippen LogP contribution in [0, 0.1) is 0 Å². The first-order chi connectivity index (χ1) is 11.1. The highest BCUT2D eigenvalue weighted by molar-refractivity contribution is 5.94. The molecule has 0 bridgehead atoms. The summed E-state index contributed by atoms with van der Waals surface area (Å²) < 4.78 is 11.9. The van der Waals surface area contributed by atoms with Crippen LogP contribution in [-0.4, -0.2) is 39.9 Å². The van der Waals surface area contributed by atoms with Crippen molar-refractivity contribution in [1.82, 2.24) is 14.6 Å². The van der Waals surface area contributed by atoms with Gasteiger partial charge in [0.15, 0.2) is 5.65 Å². The first kappa shape index (κ1) is 15.0. The molecule has 2 heterocycles. The molecule has 1 aromatic carbocycles. The maximum atomic E-state index is 11.3. The average molecular weight is 313 g/mol. The molecule has 0 fully saturated rings. The Labute approximate surface area is 132 Å². The number of ether oxygens (including phenoxy) is 2. The van der Waals surface area contributed by atoms with Gasteiger partial charge in [-0.15, -0.1) is 0 Å². The van der Waals surface area contributed by atoms with E-state index in [9.17, 15) is 9.90 Å². The lowest BCUT2D eigenvalue weighted by Crippen LogP contribution is -2.05. The third kappa shape index (κ3) is 2.74. The molecule has 0 unspecified atom stereocenters. The van der Waals surface area contributed by atoms with Gasteiger partial charge in [-0.05, 0) is 18.2 Å². The van der Waals surface area contributed by atoms with Gasteiger partial charge in [-0.25, -0.2) is 14.3 Å². The van der Waals surface area contributed by atoms with E-state index in [1.807, 2.05) is 30.3 Å². The third-order valence-corrected chi connectivity index (χ3v) is 3.43. The van der Waals surface area contributed by atoms with E-state index in [1.165, 1.54) is 10.7 Å². The maximum absolute atomic E-state index is 11.3. The van der Waals surface area contributed by atoms with E-state index in [2.05, 4.69) is 10.1 Å². The van der Waals surface area contributed by atoms with Gasteiger partial charge in [0.2, 0.25) is 0 Å². The predicted molar refractivity (Wildman–Crippen MR) is 82.6 cm³/mol. The molecular formula is C16H15N3O4. The molecule has 3 rings (SSSR count). The molecule has 0 amide bonds. The lowest BCUT2D eigenvalue weighted by molar-refractivity contribution is 0.0698. The normalized spacial score (nSPS) is 10.9. The second-order valence-corrected chi connectivity index (χ2v) is 4.90. The molecule has 118 valence electrons. The number of carboxylic acid groups (broad SMARTS) is 1. The molecule has 2 aromatic heterocycles. The van der Waals surface area contributed by atoms with Gasteiger partial charge in [-0.1, -0.05) is 12.1 Å². The molecule has 0 spiro atoms. The summed E-state index contributed by atoms with van der Waals surface area (Å²) in [5.74, 6) is -0.372. The summed E-state index contributed by atoms with van der Waals surface area (Å²) in [5, 5.41) is 13.4. The van der Waals surface area contributed by atoms with Gasteiger partial charge in [0.1, 0.15) is 11.3 Å². The number of rotatable bonds is 5. The van der Waals surface area contributed by atoms with Gasteiger partial charge in [-0.3, -0.25) is 0 Å². The highest BCUT2D eigenvalue weighted by Gasteiger charge is 2.17. The summed E-state index contributed by atoms with van der Waals surface area (Å²) in [4.78, 5) is 15.8. The number of hydrogen-bond acceptors (Lipinski definition) is 5. The van der Waals surface area contributed by atoms with Crippen molar-refractivity contribution < 1.29 is 19.4 Å². The van der Waals surface area contributed by atoms with Gasteiger partial charge in [0, 0.05) is 12.7 Å². The summed E-state index contributed by atoms with van der Waals surface area (Å²) in [6.45, 7) is 0.288. The topological polar surface area (TPSA) is 86.0 Å². The number of aromatic nitrogens is 3. The quantitative estimate of drug-likeness (QED) is 0.777. The molecular weight excluding hydrogens is 298 g/mol. The van der Waals surface area contributed by atoms with Crippen LogP contribution in [0.4, 0.5) is 0 Å². The monoisotopic (exact) mass is 313 g/mol. The standard InChI is InChI=1S/C16H15N3O4/c1-22-9-11-7-14(10-4-3-5-12(6-10)23-2)18-15-13(16(20)21)8-17-19(11)15/h3-8H,9H2,1-2H3,(H,20,21). The van der Waals surface area contributed by atoms with Crippen LogP contribution in [0.2, 0.25) is 0 Å². The molecule has 0 aliphatic heterocycles. The zero-order valence-electron chi connectivity index (χ0n) is 12.7. The number of benzene rings is 1. The largest absolute Gasteiger partial charge is 0.497 e. The zero-order chi connectivity index (χ0) is 16.4. The third-order valence-electron chi connectivity index (χ3n) is 3.43. The van der Waals surface area contributed by atoms with Crippen molar-refractivity contribution in [2.24, 2.45) is 0 Å². The minimum Gasteiger partial charge on any atom is -0.497 e. The highest BCUT2D eigenvalue weighted by Crippen LogP contribution is 2.25. The first-order valence-corrected chi connectivity index (χ1v) is 6.88. The fourth-order valence-electron chi connectivity index (χ4n) is 2.36. The van der Waals surface area contributed by atoms with Crippen LogP contribution in [-0.2, 0) is 11.3 Å². The summed E-state index contributed by atoms with van der Waals surface area (Å²) in [6.07, 6.45) is 1.29. The van der Waals surface area contributed by atoms with Crippen molar-refractivity contribution in [1.29, 1.82) is 0 Å². The first-order valence-electron chi connectivity index (χ1n) is 6.88. The number of aromatic carboxylic acids is 1. The number of nitrogens with zero attached hydrogens (tertiary/aromatic N) is 3. The van der Waals surface area contributed by atoms with Gasteiger partial charge in [-0.2, -0.15) is 5.10 Å². The average Bonchev–Trinajstić information content (AvgIpc) is 2.99. The minimum absolute atomic E-state index is 0.0482. The smallest absolute Gasteiger partial charge is 0.341 e. The van der Waals surface area contributed by atoms with Crippen LogP contribution in [0.25, 0.3) is 16.9 Å². The summed E-state index contributed by atoms with van der Waals surface area (Å²) in [6, 6.07) is 9.23. The molecule has 0 aliphatic carbocycles. The van der Waals surface area contributed by atoms with Gasteiger partial charge in [0.25, 0.3) is 0 Å². The lowest BCUT2D eigenvalue weighted by Gasteiger charge is -2.09. The van der Waals surface area contributed by atoms with E-state index in [4.69, 9.17) is 9.47 Å². The predicted octanol–water partition coefficient (Wildman–Crippen LogP) is 2.25. The minimum atomic E-state index is -1.07. The van der Waals surface area contributed by atoms with Crippen LogP contribution >= 0.6 is 0 Å². The Morgan fingerprint density at radius 3 is 2.83 bits per heavy atom. The van der Waals surface area contributed by atoms with Gasteiger partial charge >= 0.3 is 5.97 Å². The van der Waals surface area contributed by atoms with E-state index < -0.39 is 5.97 Å². The Morgan fingerprint density at radius 2 is 2.13 bits per heavy atom. The molecule has 0 saturated heterocycles. The van der Waals surface area contributed by atoms with E-state index in [0.717, 1.165) is 5.56 Å². The van der Waals surface area contributed by atoms with Crippen molar-refractivity contribution in [3.63, 3.8) is 0 Å². The number of carboxylic acids is 1. The Kier molecular flexibility index (Phi) is 3.94. The molecule has 3 aromatic rings. The molecule has 23 heavy (non-hydrogen) atoms. The van der Waals surface area contributed by atoms with E-state index >= 15 is 0 Å². The van der Waals surface area contributed by atoms with Gasteiger partial charge in [0.05, 0.1) is 31.3 Å². The van der Waals surface area contributed by atoms with Crippen molar-refractivity contribution in [3.8, 4) is 17.0 Å². The Morgan fingerprint density at radius 1 is 1.30 bits per heavy atom. The molecule has 1 N–H and O–H groups in total. The Hall–Kier alpha value is -2.93. The van der Waals surface area contributed by atoms with E-state index in [-0.39, 0.29) is 17.8 Å². The highest BCUT2D eigenvalue weighted by atomic mass is 16.5. The van der Waals surface area contributed by atoms with Crippen molar-refractivity contribution in [2.45, 2.75) is 6.61 Å². The van der Waals surface area contributed by atoms with Crippen LogP contribution in [0.1, 0.15) is 16.1 Å². The van der Waals surface area contributed by atoms with Crippen molar-refractivity contribution in [3.05, 3.63) is 47.8 Å². The number of carbonyl (C=O) groups is 1. The Bertz CT molecular complexity index is 873. The van der Waals surface area contributed by atoms with Gasteiger partial charge < -0.3 is 14.6 Å². The Balaban J connectivity index is 2.23. The molecule has 0 radical (unpaired) electrons. The fourth-order valence-corrected chi connectivity index (χ4v) is 2.36. The molecule has 0 aliphatic rings. The zero-order valence-corrected chi connectivity index (χ0v) is 12.7. The van der Waals surface area contributed by atoms with Crippen molar-refractivity contribution >= 4 is 11.6 Å². The molecule has 0 atom stereocenters. The van der Waals surface area contributed by atoms with Crippen molar-refractivity contribution in [2.75, 3.05) is 14.2 Å². The number of fused-ring (bicyclic) bond motifs is 1. The summed E-state index contributed by atoms with van der Waals surface area (Å²) in [5.41, 5.74) is 2.49. The van der Waals surface area contributed by atoms with Crippen LogP contribution in [0.5, 0.6) is 5.75 Å². The molecule has 7 heteroatoms. The van der Waals surface area contributed by atoms with E-state index in [0.29, 0.717) is 17.1 Å². The number of methoxy groups -OCH3 is 2. The maximum Gasteiger partial charge on any atom is 0.341 e. The van der Waals surface area contributed by atoms with E-state index in [1.54, 1.807) is 14.2 Å². The second kappa shape index (κ2) is 6.05. The second-order valence-electron chi connectivity index (χ2n) is 4.90. The molecule has 7 nitrogen and oxygen atoms in total. The van der Waals surface area contributed by atoms with Crippen LogP contribution < -0.4 is 4.74 Å². The number of hydrogen-bond donors (Lipinski definition) is 1. The summed E-state index contributed by atoms with van der Waals surface area (Å²) in [7, 11) is 3.16. The lowest BCUT2D eigenvalue weighted by atomic mass is 10.1.